The van der Waals surface area contributed by atoms with Crippen molar-refractivity contribution < 1.29 is 14.0 Å². The van der Waals surface area contributed by atoms with Crippen LogP contribution >= 0.6 is 11.5 Å². The first-order chi connectivity index (χ1) is 15.4. The van der Waals surface area contributed by atoms with Crippen LogP contribution in [0.5, 0.6) is 0 Å². The van der Waals surface area contributed by atoms with Crippen LogP contribution in [0.2, 0.25) is 0 Å². The number of imidazole rings is 1. The average molecular weight is 453 g/mol. The molecule has 164 valence electrons. The topological polar surface area (TPSA) is 84.2 Å². The fourth-order valence-electron chi connectivity index (χ4n) is 4.89. The number of amides is 2. The van der Waals surface area contributed by atoms with Crippen molar-refractivity contribution in [2.75, 3.05) is 18.0 Å². The van der Waals surface area contributed by atoms with Crippen LogP contribution in [0.1, 0.15) is 41.3 Å². The lowest BCUT2D eigenvalue weighted by molar-refractivity contribution is -0.118. The quantitative estimate of drug-likeness (QED) is 0.610. The van der Waals surface area contributed by atoms with Crippen molar-refractivity contribution in [1.82, 2.24) is 23.8 Å². The molecule has 2 aliphatic heterocycles. The summed E-state index contributed by atoms with van der Waals surface area (Å²) >= 11 is 1.28. The predicted octanol–water partition coefficient (Wildman–Crippen LogP) is 3.05. The fourth-order valence-corrected chi connectivity index (χ4v) is 5.56. The molecule has 0 N–H and O–H groups in total. The summed E-state index contributed by atoms with van der Waals surface area (Å²) in [5.74, 6) is 2.07. The Labute approximate surface area is 187 Å². The Morgan fingerprint density at radius 1 is 1.19 bits per heavy atom. The lowest BCUT2D eigenvalue weighted by atomic mass is 10.1. The van der Waals surface area contributed by atoms with Gasteiger partial charge in [-0.15, -0.1) is 0 Å². The van der Waals surface area contributed by atoms with Gasteiger partial charge in [-0.05, 0) is 62.0 Å². The van der Waals surface area contributed by atoms with E-state index < -0.39 is 0 Å². The third-order valence-electron chi connectivity index (χ3n) is 6.66. The number of fused-ring (bicyclic) bond motifs is 2. The van der Waals surface area contributed by atoms with Crippen LogP contribution in [0, 0.1) is 24.6 Å². The first-order valence-corrected chi connectivity index (χ1v) is 11.5. The monoisotopic (exact) mass is 452 g/mol. The van der Waals surface area contributed by atoms with Crippen LogP contribution < -0.4 is 4.90 Å². The van der Waals surface area contributed by atoms with Gasteiger partial charge in [0.05, 0.1) is 11.7 Å². The summed E-state index contributed by atoms with van der Waals surface area (Å²) in [5.41, 5.74) is 1.27. The molecule has 1 saturated heterocycles. The summed E-state index contributed by atoms with van der Waals surface area (Å²) in [6, 6.07) is 5.29. The van der Waals surface area contributed by atoms with Crippen molar-refractivity contribution in [3.63, 3.8) is 0 Å². The number of hydrogen-bond donors (Lipinski definition) is 0. The molecule has 6 rings (SSSR count). The van der Waals surface area contributed by atoms with Crippen LogP contribution in [0.15, 0.2) is 24.3 Å². The zero-order chi connectivity index (χ0) is 22.1. The van der Waals surface area contributed by atoms with Gasteiger partial charge in [-0.1, -0.05) is 0 Å². The van der Waals surface area contributed by atoms with E-state index in [-0.39, 0.29) is 29.6 Å². The van der Waals surface area contributed by atoms with Gasteiger partial charge in [-0.25, -0.2) is 14.4 Å². The largest absolute Gasteiger partial charge is 0.328 e. The van der Waals surface area contributed by atoms with E-state index in [1.54, 1.807) is 9.80 Å². The molecule has 1 aromatic carbocycles. The van der Waals surface area contributed by atoms with Crippen LogP contribution in [0.25, 0.3) is 10.8 Å². The smallest absolute Gasteiger partial charge is 0.254 e. The molecule has 4 heterocycles. The second kappa shape index (κ2) is 6.93. The fraction of sp³-hybridized carbons (Fsp3) is 0.409. The number of rotatable bonds is 3. The number of carbonyl (C=O) groups is 2. The molecular weight excluding hydrogens is 431 g/mol. The molecule has 2 amide bonds. The number of aryl methyl sites for hydroxylation is 1. The van der Waals surface area contributed by atoms with Crippen molar-refractivity contribution in [3.05, 3.63) is 47.2 Å². The zero-order valence-electron chi connectivity index (χ0n) is 17.7. The highest BCUT2D eigenvalue weighted by molar-refractivity contribution is 7.09. The molecule has 10 heteroatoms. The van der Waals surface area contributed by atoms with Crippen molar-refractivity contribution in [3.8, 4) is 10.8 Å². The van der Waals surface area contributed by atoms with Gasteiger partial charge in [-0.3, -0.25) is 14.5 Å². The lowest BCUT2D eigenvalue weighted by Crippen LogP contribution is -2.42. The van der Waals surface area contributed by atoms with Gasteiger partial charge >= 0.3 is 0 Å². The van der Waals surface area contributed by atoms with Gasteiger partial charge in [-0.2, -0.15) is 4.37 Å². The van der Waals surface area contributed by atoms with Crippen molar-refractivity contribution >= 4 is 29.2 Å². The number of benzene rings is 1. The van der Waals surface area contributed by atoms with Gasteiger partial charge < -0.3 is 9.47 Å². The van der Waals surface area contributed by atoms with E-state index >= 15 is 0 Å². The summed E-state index contributed by atoms with van der Waals surface area (Å²) < 4.78 is 19.7. The minimum Gasteiger partial charge on any atom is -0.328 e. The van der Waals surface area contributed by atoms with Gasteiger partial charge in [0, 0.05) is 31.1 Å². The van der Waals surface area contributed by atoms with E-state index in [9.17, 15) is 14.0 Å². The number of hydrogen-bond acceptors (Lipinski definition) is 6. The Kier molecular flexibility index (Phi) is 4.23. The molecule has 0 spiro atoms. The third-order valence-corrected chi connectivity index (χ3v) is 7.47. The third kappa shape index (κ3) is 2.89. The van der Waals surface area contributed by atoms with Gasteiger partial charge in [0.25, 0.3) is 5.91 Å². The van der Waals surface area contributed by atoms with E-state index in [2.05, 4.69) is 13.9 Å². The summed E-state index contributed by atoms with van der Waals surface area (Å²) in [4.78, 5) is 39.1. The molecular formula is C22H21FN6O2S. The van der Waals surface area contributed by atoms with Crippen molar-refractivity contribution in [2.24, 2.45) is 11.8 Å². The first-order valence-electron chi connectivity index (χ1n) is 10.7. The number of carbonyl (C=O) groups excluding carboxylic acids is 2. The molecule has 0 unspecified atom stereocenters. The maximum atomic E-state index is 13.3. The van der Waals surface area contributed by atoms with Gasteiger partial charge in [0.15, 0.2) is 16.6 Å². The zero-order valence-corrected chi connectivity index (χ0v) is 18.5. The van der Waals surface area contributed by atoms with E-state index in [0.29, 0.717) is 53.6 Å². The summed E-state index contributed by atoms with van der Waals surface area (Å²) in [6.07, 6.45) is 0.957. The second-order valence-electron chi connectivity index (χ2n) is 8.68. The highest BCUT2D eigenvalue weighted by Gasteiger charge is 2.54. The molecule has 8 nitrogen and oxygen atoms in total. The average Bonchev–Trinajstić information content (AvgIpc) is 3.08. The number of anilines is 1. The van der Waals surface area contributed by atoms with Crippen molar-refractivity contribution in [1.29, 1.82) is 0 Å². The van der Waals surface area contributed by atoms with Crippen LogP contribution in [-0.2, 0) is 11.3 Å². The second-order valence-corrected chi connectivity index (χ2v) is 9.43. The molecule has 3 atom stereocenters. The Morgan fingerprint density at radius 2 is 1.97 bits per heavy atom. The van der Waals surface area contributed by atoms with E-state index in [0.717, 1.165) is 12.1 Å². The predicted molar refractivity (Wildman–Crippen MR) is 116 cm³/mol. The molecule has 1 aliphatic carbocycles. The van der Waals surface area contributed by atoms with E-state index in [1.165, 1.54) is 35.8 Å². The Balaban J connectivity index is 1.43. The van der Waals surface area contributed by atoms with Crippen molar-refractivity contribution in [2.45, 2.75) is 32.9 Å². The van der Waals surface area contributed by atoms with Crippen LogP contribution in [-0.4, -0.2) is 48.7 Å². The normalized spacial score (nSPS) is 24.0. The number of halogens is 1. The molecule has 2 fully saturated rings. The lowest BCUT2D eigenvalue weighted by Gasteiger charge is -2.36. The Bertz CT molecular complexity index is 1250. The minimum absolute atomic E-state index is 0.107. The summed E-state index contributed by atoms with van der Waals surface area (Å²) in [7, 11) is 0. The van der Waals surface area contributed by atoms with Gasteiger partial charge in [0.1, 0.15) is 11.6 Å². The van der Waals surface area contributed by atoms with E-state index in [4.69, 9.17) is 4.98 Å². The van der Waals surface area contributed by atoms with Crippen LogP contribution in [0.3, 0.4) is 0 Å². The Hall–Kier alpha value is -3.14. The SMILES string of the molecule is Cc1nsc(-c2nc(N3C[C@H]4C[C@H]4C3=O)c3n2CCN(C(=O)c2ccc(F)cc2)[C@@H]3C)n1. The molecule has 3 aromatic rings. The molecule has 2 aromatic heterocycles. The summed E-state index contributed by atoms with van der Waals surface area (Å²) in [5, 5.41) is 0.706. The number of aromatic nitrogens is 4. The molecule has 32 heavy (non-hydrogen) atoms. The highest BCUT2D eigenvalue weighted by Crippen LogP contribution is 2.49. The maximum absolute atomic E-state index is 13.3. The molecule has 0 bridgehead atoms. The van der Waals surface area contributed by atoms with Gasteiger partial charge in [0.2, 0.25) is 5.91 Å². The standard InChI is InChI=1S/C22H21FN6O2S/c1-11-17-18(29-10-14-9-16(14)22(29)31)25-19(20-24-12(2)26-32-20)28(17)8-7-27(11)21(30)13-3-5-15(23)6-4-13/h3-6,11,14,16H,7-10H2,1-2H3/t11-,14-,16-/m1/s1. The Morgan fingerprint density at radius 3 is 2.62 bits per heavy atom. The number of nitrogens with zero attached hydrogens (tertiary/aromatic N) is 6. The summed E-state index contributed by atoms with van der Waals surface area (Å²) in [6.45, 7) is 5.46. The minimum atomic E-state index is -0.378. The highest BCUT2D eigenvalue weighted by atomic mass is 32.1. The molecule has 3 aliphatic rings. The molecule has 0 radical (unpaired) electrons. The van der Waals surface area contributed by atoms with E-state index in [1.807, 2.05) is 13.8 Å². The van der Waals surface area contributed by atoms with Crippen LogP contribution in [0.4, 0.5) is 10.2 Å². The molecule has 1 saturated carbocycles. The number of piperidine rings is 1. The first kappa shape index (κ1) is 19.5. The maximum Gasteiger partial charge on any atom is 0.254 e.